The van der Waals surface area contributed by atoms with Crippen LogP contribution in [0.15, 0.2) is 36.4 Å². The summed E-state index contributed by atoms with van der Waals surface area (Å²) < 4.78 is 0. The van der Waals surface area contributed by atoms with Crippen LogP contribution in [0.25, 0.3) is 0 Å². The van der Waals surface area contributed by atoms with E-state index in [2.05, 4.69) is 10.6 Å². The fourth-order valence-electron chi connectivity index (χ4n) is 2.41. The van der Waals surface area contributed by atoms with Crippen LogP contribution in [0.5, 0.6) is 5.75 Å². The zero-order valence-corrected chi connectivity index (χ0v) is 13.7. The number of hydrogen-bond acceptors (Lipinski definition) is 3. The largest absolute Gasteiger partial charge is 0.507 e. The Kier molecular flexibility index (Phi) is 4.25. The number of benzene rings is 2. The SMILES string of the molecule is Cc1ccc(C(=O)Nc2ccc(NC(=O)C3CC3)cc2)c(O)c1C. The van der Waals surface area contributed by atoms with Gasteiger partial charge in [0.2, 0.25) is 5.91 Å². The molecule has 1 aliphatic rings. The van der Waals surface area contributed by atoms with Gasteiger partial charge < -0.3 is 15.7 Å². The average molecular weight is 324 g/mol. The summed E-state index contributed by atoms with van der Waals surface area (Å²) in [6, 6.07) is 10.3. The lowest BCUT2D eigenvalue weighted by Crippen LogP contribution is -2.14. The molecule has 24 heavy (non-hydrogen) atoms. The highest BCUT2D eigenvalue weighted by atomic mass is 16.3. The van der Waals surface area contributed by atoms with Crippen molar-refractivity contribution in [1.82, 2.24) is 0 Å². The molecule has 0 spiro atoms. The predicted octanol–water partition coefficient (Wildman–Crippen LogP) is 3.61. The highest BCUT2D eigenvalue weighted by Gasteiger charge is 2.29. The lowest BCUT2D eigenvalue weighted by molar-refractivity contribution is -0.117. The van der Waals surface area contributed by atoms with Gasteiger partial charge in [0.25, 0.3) is 5.91 Å². The number of rotatable bonds is 4. The van der Waals surface area contributed by atoms with Gasteiger partial charge >= 0.3 is 0 Å². The number of aromatic hydroxyl groups is 1. The van der Waals surface area contributed by atoms with Crippen molar-refractivity contribution in [3.8, 4) is 5.75 Å². The standard InChI is InChI=1S/C19H20N2O3/c1-11-3-10-16(17(22)12(11)2)19(24)21-15-8-6-14(7-9-15)20-18(23)13-4-5-13/h3,6-10,13,22H,4-5H2,1-2H3,(H,20,23)(H,21,24). The third-order valence-electron chi connectivity index (χ3n) is 4.30. The van der Waals surface area contributed by atoms with Crippen molar-refractivity contribution >= 4 is 23.2 Å². The molecule has 2 aromatic rings. The highest BCUT2D eigenvalue weighted by molar-refractivity contribution is 6.06. The van der Waals surface area contributed by atoms with Gasteiger partial charge in [0.1, 0.15) is 5.75 Å². The number of hydrogen-bond donors (Lipinski definition) is 3. The van der Waals surface area contributed by atoms with Crippen LogP contribution in [0, 0.1) is 19.8 Å². The molecular weight excluding hydrogens is 304 g/mol. The molecule has 0 aliphatic heterocycles. The molecule has 0 saturated heterocycles. The first-order chi connectivity index (χ1) is 11.5. The van der Waals surface area contributed by atoms with Crippen LogP contribution in [-0.2, 0) is 4.79 Å². The summed E-state index contributed by atoms with van der Waals surface area (Å²) in [6.45, 7) is 3.66. The first-order valence-corrected chi connectivity index (χ1v) is 7.97. The summed E-state index contributed by atoms with van der Waals surface area (Å²) in [6.07, 6.45) is 1.92. The molecule has 5 nitrogen and oxygen atoms in total. The molecule has 1 saturated carbocycles. The van der Waals surface area contributed by atoms with Crippen molar-refractivity contribution in [3.63, 3.8) is 0 Å². The second-order valence-corrected chi connectivity index (χ2v) is 6.20. The van der Waals surface area contributed by atoms with Crippen LogP contribution in [-0.4, -0.2) is 16.9 Å². The smallest absolute Gasteiger partial charge is 0.259 e. The van der Waals surface area contributed by atoms with Crippen molar-refractivity contribution < 1.29 is 14.7 Å². The van der Waals surface area contributed by atoms with Crippen molar-refractivity contribution in [2.24, 2.45) is 5.92 Å². The Balaban J connectivity index is 1.68. The number of nitrogens with one attached hydrogen (secondary N) is 2. The summed E-state index contributed by atoms with van der Waals surface area (Å²) >= 11 is 0. The molecule has 2 amide bonds. The Morgan fingerprint density at radius 1 is 0.958 bits per heavy atom. The molecule has 5 heteroatoms. The molecule has 2 aromatic carbocycles. The molecule has 124 valence electrons. The first kappa shape index (κ1) is 16.1. The third kappa shape index (κ3) is 3.40. The Bertz CT molecular complexity index is 793. The molecular formula is C19H20N2O3. The zero-order chi connectivity index (χ0) is 17.3. The van der Waals surface area contributed by atoms with Gasteiger partial charge in [0.05, 0.1) is 5.56 Å². The normalized spacial score (nSPS) is 13.4. The summed E-state index contributed by atoms with van der Waals surface area (Å²) in [4.78, 5) is 24.0. The number of phenolic OH excluding ortho intramolecular Hbond substituents is 1. The van der Waals surface area contributed by atoms with Gasteiger partial charge in [-0.2, -0.15) is 0 Å². The van der Waals surface area contributed by atoms with E-state index in [9.17, 15) is 14.7 Å². The van der Waals surface area contributed by atoms with Crippen LogP contribution in [0.3, 0.4) is 0 Å². The number of carbonyl (C=O) groups is 2. The van der Waals surface area contributed by atoms with E-state index in [-0.39, 0.29) is 29.0 Å². The van der Waals surface area contributed by atoms with Gasteiger partial charge in [-0.15, -0.1) is 0 Å². The van der Waals surface area contributed by atoms with Crippen molar-refractivity contribution in [3.05, 3.63) is 53.1 Å². The van der Waals surface area contributed by atoms with E-state index in [1.807, 2.05) is 6.92 Å². The minimum absolute atomic E-state index is 0.000756. The van der Waals surface area contributed by atoms with Gasteiger partial charge in [-0.05, 0) is 68.1 Å². The van der Waals surface area contributed by atoms with Crippen LogP contribution in [0.2, 0.25) is 0 Å². The molecule has 3 rings (SSSR count). The van der Waals surface area contributed by atoms with E-state index in [1.165, 1.54) is 0 Å². The summed E-state index contributed by atoms with van der Waals surface area (Å²) in [5.74, 6) is -0.171. The quantitative estimate of drug-likeness (QED) is 0.804. The highest BCUT2D eigenvalue weighted by Crippen LogP contribution is 2.30. The maximum atomic E-state index is 12.3. The topological polar surface area (TPSA) is 78.4 Å². The molecule has 0 atom stereocenters. The van der Waals surface area contributed by atoms with Gasteiger partial charge in [-0.1, -0.05) is 6.07 Å². The second kappa shape index (κ2) is 6.35. The van der Waals surface area contributed by atoms with E-state index in [1.54, 1.807) is 43.3 Å². The number of carbonyl (C=O) groups excluding carboxylic acids is 2. The van der Waals surface area contributed by atoms with E-state index in [0.29, 0.717) is 16.9 Å². The zero-order valence-electron chi connectivity index (χ0n) is 13.7. The van der Waals surface area contributed by atoms with Gasteiger partial charge in [0, 0.05) is 17.3 Å². The van der Waals surface area contributed by atoms with Crippen molar-refractivity contribution in [2.75, 3.05) is 10.6 Å². The van der Waals surface area contributed by atoms with E-state index >= 15 is 0 Å². The third-order valence-corrected chi connectivity index (χ3v) is 4.30. The molecule has 0 heterocycles. The molecule has 0 unspecified atom stereocenters. The Labute approximate surface area is 140 Å². The molecule has 0 bridgehead atoms. The summed E-state index contributed by atoms with van der Waals surface area (Å²) in [7, 11) is 0. The van der Waals surface area contributed by atoms with Crippen molar-refractivity contribution in [2.45, 2.75) is 26.7 Å². The predicted molar refractivity (Wildman–Crippen MR) is 93.3 cm³/mol. The van der Waals surface area contributed by atoms with Crippen LogP contribution < -0.4 is 10.6 Å². The Hall–Kier alpha value is -2.82. The monoisotopic (exact) mass is 324 g/mol. The van der Waals surface area contributed by atoms with E-state index in [0.717, 1.165) is 18.4 Å². The Morgan fingerprint density at radius 3 is 2.12 bits per heavy atom. The minimum atomic E-state index is -0.370. The van der Waals surface area contributed by atoms with Gasteiger partial charge in [0.15, 0.2) is 0 Å². The maximum absolute atomic E-state index is 12.3. The molecule has 3 N–H and O–H groups in total. The Morgan fingerprint density at radius 2 is 1.54 bits per heavy atom. The molecule has 1 fully saturated rings. The maximum Gasteiger partial charge on any atom is 0.259 e. The van der Waals surface area contributed by atoms with E-state index < -0.39 is 0 Å². The number of amides is 2. The number of phenols is 1. The second-order valence-electron chi connectivity index (χ2n) is 6.20. The minimum Gasteiger partial charge on any atom is -0.507 e. The van der Waals surface area contributed by atoms with E-state index in [4.69, 9.17) is 0 Å². The van der Waals surface area contributed by atoms with Crippen LogP contribution in [0.1, 0.15) is 34.3 Å². The summed E-state index contributed by atoms with van der Waals surface area (Å²) in [5, 5.41) is 15.7. The van der Waals surface area contributed by atoms with Gasteiger partial charge in [-0.3, -0.25) is 9.59 Å². The van der Waals surface area contributed by atoms with Crippen molar-refractivity contribution in [1.29, 1.82) is 0 Å². The van der Waals surface area contributed by atoms with Crippen LogP contribution in [0.4, 0.5) is 11.4 Å². The lowest BCUT2D eigenvalue weighted by atomic mass is 10.0. The van der Waals surface area contributed by atoms with Crippen LogP contribution >= 0.6 is 0 Å². The first-order valence-electron chi connectivity index (χ1n) is 7.97. The number of aryl methyl sites for hydroxylation is 1. The number of anilines is 2. The van der Waals surface area contributed by atoms with Gasteiger partial charge in [-0.25, -0.2) is 0 Å². The fourth-order valence-corrected chi connectivity index (χ4v) is 2.41. The molecule has 1 aliphatic carbocycles. The lowest BCUT2D eigenvalue weighted by Gasteiger charge is -2.11. The summed E-state index contributed by atoms with van der Waals surface area (Å²) in [5.41, 5.74) is 3.17. The molecule has 0 aromatic heterocycles. The molecule has 0 radical (unpaired) electrons. The average Bonchev–Trinajstić information content (AvgIpc) is 3.39. The fraction of sp³-hybridized carbons (Fsp3) is 0.263.